The fraction of sp³-hybridized carbons (Fsp3) is 0.0909. The Balaban J connectivity index is 1.84. The molecule has 0 aliphatic heterocycles. The van der Waals surface area contributed by atoms with Gasteiger partial charge in [-0.15, -0.1) is 21.5 Å². The van der Waals surface area contributed by atoms with Gasteiger partial charge in [0.25, 0.3) is 0 Å². The van der Waals surface area contributed by atoms with Crippen molar-refractivity contribution in [2.24, 2.45) is 0 Å². The van der Waals surface area contributed by atoms with Crippen molar-refractivity contribution in [2.75, 3.05) is 5.73 Å². The van der Waals surface area contributed by atoms with E-state index in [1.165, 1.54) is 16.0 Å². The van der Waals surface area contributed by atoms with E-state index in [2.05, 4.69) is 16.3 Å². The topological polar surface area (TPSA) is 51.8 Å². The van der Waals surface area contributed by atoms with Crippen LogP contribution in [0.5, 0.6) is 0 Å². The molecule has 0 spiro atoms. The van der Waals surface area contributed by atoms with E-state index < -0.39 is 0 Å². The number of nitrogens with zero attached hydrogens (tertiary/aromatic N) is 2. The maximum absolute atomic E-state index is 6.37. The number of hydrogen-bond acceptors (Lipinski definition) is 6. The molecule has 3 nitrogen and oxygen atoms in total. The molecule has 2 N–H and O–H groups in total. The molecule has 0 saturated carbocycles. The molecule has 0 atom stereocenters. The van der Waals surface area contributed by atoms with E-state index in [1.54, 1.807) is 23.1 Å². The van der Waals surface area contributed by atoms with E-state index >= 15 is 0 Å². The van der Waals surface area contributed by atoms with Crippen LogP contribution in [0, 0.1) is 0 Å². The quantitative estimate of drug-likeness (QED) is 0.733. The van der Waals surface area contributed by atoms with Crippen molar-refractivity contribution >= 4 is 61.3 Å². The lowest BCUT2D eigenvalue weighted by atomic mass is 10.2. The van der Waals surface area contributed by atoms with Gasteiger partial charge in [0.05, 0.1) is 5.02 Å². The predicted octanol–water partition coefficient (Wildman–Crippen LogP) is 4.28. The Hall–Kier alpha value is -0.820. The van der Waals surface area contributed by atoms with Crippen LogP contribution in [0.1, 0.15) is 4.88 Å². The zero-order valence-electron chi connectivity index (χ0n) is 9.09. The van der Waals surface area contributed by atoms with Crippen molar-refractivity contribution in [3.05, 3.63) is 34.2 Å². The van der Waals surface area contributed by atoms with Gasteiger partial charge in [0.15, 0.2) is 4.34 Å². The van der Waals surface area contributed by atoms with Gasteiger partial charge in [0.1, 0.15) is 0 Å². The third kappa shape index (κ3) is 2.33. The zero-order valence-corrected chi connectivity index (χ0v) is 12.3. The van der Waals surface area contributed by atoms with Gasteiger partial charge < -0.3 is 5.73 Å². The van der Waals surface area contributed by atoms with Crippen molar-refractivity contribution in [3.63, 3.8) is 0 Å². The monoisotopic (exact) mass is 313 g/mol. The number of aromatic nitrogens is 2. The minimum absolute atomic E-state index is 0.500. The van der Waals surface area contributed by atoms with Crippen LogP contribution in [0.3, 0.4) is 0 Å². The van der Waals surface area contributed by atoms with E-state index in [0.717, 1.165) is 25.4 Å². The standard InChI is InChI=1S/C11H8ClN3S3/c12-9-6-3-1-2-4-7(6)17-8(9)5-16-11-15-14-10(13)18-11/h1-4H,5H2,(H2,13,14). The molecule has 7 heteroatoms. The van der Waals surface area contributed by atoms with Gasteiger partial charge in [0.2, 0.25) is 5.13 Å². The van der Waals surface area contributed by atoms with Gasteiger partial charge in [-0.05, 0) is 6.07 Å². The fourth-order valence-electron chi connectivity index (χ4n) is 1.56. The van der Waals surface area contributed by atoms with Gasteiger partial charge in [-0.1, -0.05) is 52.9 Å². The Kier molecular flexibility index (Phi) is 3.43. The number of thiophene rings is 1. The average Bonchev–Trinajstić information content (AvgIpc) is 2.92. The van der Waals surface area contributed by atoms with Crippen molar-refractivity contribution in [2.45, 2.75) is 10.1 Å². The summed E-state index contributed by atoms with van der Waals surface area (Å²) in [5, 5.41) is 10.2. The first-order chi connectivity index (χ1) is 8.74. The van der Waals surface area contributed by atoms with Gasteiger partial charge in [0, 0.05) is 20.7 Å². The molecule has 0 radical (unpaired) electrons. The second-order valence-electron chi connectivity index (χ2n) is 3.53. The van der Waals surface area contributed by atoms with E-state index in [9.17, 15) is 0 Å². The van der Waals surface area contributed by atoms with Crippen LogP contribution in [-0.2, 0) is 5.75 Å². The Bertz CT molecular complexity index is 692. The lowest BCUT2D eigenvalue weighted by Crippen LogP contribution is -1.80. The summed E-state index contributed by atoms with van der Waals surface area (Å²) in [6, 6.07) is 8.16. The first kappa shape index (κ1) is 12.2. The molecule has 0 aliphatic rings. The SMILES string of the molecule is Nc1nnc(SCc2sc3ccccc3c2Cl)s1. The van der Waals surface area contributed by atoms with Crippen molar-refractivity contribution in [3.8, 4) is 0 Å². The third-order valence-electron chi connectivity index (χ3n) is 2.35. The summed E-state index contributed by atoms with van der Waals surface area (Å²) in [4.78, 5) is 1.16. The number of halogens is 1. The van der Waals surface area contributed by atoms with Gasteiger partial charge in [-0.3, -0.25) is 0 Å². The molecule has 1 aromatic carbocycles. The average molecular weight is 314 g/mol. The lowest BCUT2D eigenvalue weighted by Gasteiger charge is -1.94. The molecule has 2 heterocycles. The molecule has 0 aliphatic carbocycles. The van der Waals surface area contributed by atoms with Crippen LogP contribution in [-0.4, -0.2) is 10.2 Å². The van der Waals surface area contributed by atoms with Crippen LogP contribution < -0.4 is 5.73 Å². The Morgan fingerprint density at radius 2 is 2.06 bits per heavy atom. The molecule has 0 bridgehead atoms. The summed E-state index contributed by atoms with van der Waals surface area (Å²) in [5.74, 6) is 0.798. The largest absolute Gasteiger partial charge is 0.374 e. The number of benzene rings is 1. The maximum atomic E-state index is 6.37. The molecule has 0 saturated heterocycles. The van der Waals surface area contributed by atoms with E-state index in [-0.39, 0.29) is 0 Å². The molecule has 3 aromatic rings. The third-order valence-corrected chi connectivity index (χ3v) is 6.16. The van der Waals surface area contributed by atoms with Crippen molar-refractivity contribution in [1.29, 1.82) is 0 Å². The summed E-state index contributed by atoms with van der Waals surface area (Å²) in [7, 11) is 0. The molecule has 0 amide bonds. The van der Waals surface area contributed by atoms with Crippen LogP contribution in [0.15, 0.2) is 28.6 Å². The molecule has 92 valence electrons. The highest BCUT2D eigenvalue weighted by molar-refractivity contribution is 8.00. The van der Waals surface area contributed by atoms with E-state index in [0.29, 0.717) is 5.13 Å². The molecular weight excluding hydrogens is 306 g/mol. The highest BCUT2D eigenvalue weighted by Crippen LogP contribution is 2.39. The highest BCUT2D eigenvalue weighted by atomic mass is 35.5. The summed E-state index contributed by atoms with van der Waals surface area (Å²) in [6.45, 7) is 0. The Labute approximate surface area is 121 Å². The first-order valence-electron chi connectivity index (χ1n) is 5.12. The van der Waals surface area contributed by atoms with Crippen molar-refractivity contribution in [1.82, 2.24) is 10.2 Å². The van der Waals surface area contributed by atoms with Crippen LogP contribution in [0.4, 0.5) is 5.13 Å². The highest BCUT2D eigenvalue weighted by Gasteiger charge is 2.11. The van der Waals surface area contributed by atoms with Crippen molar-refractivity contribution < 1.29 is 0 Å². The summed E-state index contributed by atoms with van der Waals surface area (Å²) in [6.07, 6.45) is 0. The second-order valence-corrected chi connectivity index (χ2v) is 7.28. The Morgan fingerprint density at radius 3 is 2.78 bits per heavy atom. The number of fused-ring (bicyclic) bond motifs is 1. The molecule has 2 aromatic heterocycles. The fourth-order valence-corrected chi connectivity index (χ4v) is 4.86. The van der Waals surface area contributed by atoms with Crippen LogP contribution in [0.25, 0.3) is 10.1 Å². The first-order valence-corrected chi connectivity index (χ1v) is 8.11. The van der Waals surface area contributed by atoms with Gasteiger partial charge in [-0.2, -0.15) is 0 Å². The molecule has 18 heavy (non-hydrogen) atoms. The minimum Gasteiger partial charge on any atom is -0.374 e. The lowest BCUT2D eigenvalue weighted by molar-refractivity contribution is 1.02. The predicted molar refractivity (Wildman–Crippen MR) is 80.7 cm³/mol. The van der Waals surface area contributed by atoms with Crippen LogP contribution >= 0.6 is 46.0 Å². The van der Waals surface area contributed by atoms with E-state index in [1.807, 2.05) is 18.2 Å². The van der Waals surface area contributed by atoms with Gasteiger partial charge in [-0.25, -0.2) is 0 Å². The second kappa shape index (κ2) is 5.05. The molecular formula is C11H8ClN3S3. The number of hydrogen-bond donors (Lipinski definition) is 1. The number of nitrogens with two attached hydrogens (primary N) is 1. The maximum Gasteiger partial charge on any atom is 0.203 e. The van der Waals surface area contributed by atoms with Crippen LogP contribution in [0.2, 0.25) is 5.02 Å². The van der Waals surface area contributed by atoms with E-state index in [4.69, 9.17) is 17.3 Å². The summed E-state index contributed by atoms with van der Waals surface area (Å²) < 4.78 is 2.09. The molecule has 0 fully saturated rings. The normalized spacial score (nSPS) is 11.2. The summed E-state index contributed by atoms with van der Waals surface area (Å²) >= 11 is 11.1. The van der Waals surface area contributed by atoms with Gasteiger partial charge >= 0.3 is 0 Å². The molecule has 0 unspecified atom stereocenters. The number of thioether (sulfide) groups is 1. The smallest absolute Gasteiger partial charge is 0.203 e. The number of rotatable bonds is 3. The number of anilines is 1. The number of nitrogen functional groups attached to an aromatic ring is 1. The Morgan fingerprint density at radius 1 is 1.22 bits per heavy atom. The summed E-state index contributed by atoms with van der Waals surface area (Å²) in [5.41, 5.74) is 5.55. The minimum atomic E-state index is 0.500. The molecule has 3 rings (SSSR count). The zero-order chi connectivity index (χ0) is 12.5.